The van der Waals surface area contributed by atoms with Gasteiger partial charge in [-0.25, -0.2) is 0 Å². The Morgan fingerprint density at radius 1 is 0.818 bits per heavy atom. The van der Waals surface area contributed by atoms with E-state index in [1.54, 1.807) is 6.08 Å². The molecule has 2 aromatic rings. The first-order valence-corrected chi connectivity index (χ1v) is 7.95. The number of nitrogens with zero attached hydrogens (tertiary/aromatic N) is 1. The Morgan fingerprint density at radius 3 is 2.14 bits per heavy atom. The van der Waals surface area contributed by atoms with E-state index < -0.39 is 0 Å². The van der Waals surface area contributed by atoms with Gasteiger partial charge in [-0.2, -0.15) is 0 Å². The molecule has 2 nitrogen and oxygen atoms in total. The average molecular weight is 291 g/mol. The fraction of sp³-hybridized carbons (Fsp3) is 0.250. The van der Waals surface area contributed by atoms with Gasteiger partial charge in [0.15, 0.2) is 5.78 Å². The van der Waals surface area contributed by atoms with Crippen molar-refractivity contribution in [3.63, 3.8) is 0 Å². The molecule has 1 fully saturated rings. The van der Waals surface area contributed by atoms with E-state index in [4.69, 9.17) is 0 Å². The van der Waals surface area contributed by atoms with Crippen molar-refractivity contribution >= 4 is 5.78 Å². The van der Waals surface area contributed by atoms with Gasteiger partial charge in [-0.15, -0.1) is 0 Å². The van der Waals surface area contributed by atoms with Crippen molar-refractivity contribution in [2.24, 2.45) is 0 Å². The lowest BCUT2D eigenvalue weighted by atomic mass is 10.0. The maximum Gasteiger partial charge on any atom is 0.187 e. The molecular weight excluding hydrogens is 270 g/mol. The van der Waals surface area contributed by atoms with Crippen LogP contribution in [0.25, 0.3) is 11.1 Å². The molecule has 1 aliphatic rings. The van der Waals surface area contributed by atoms with Gasteiger partial charge in [0.05, 0.1) is 0 Å². The minimum atomic E-state index is 0.0742. The summed E-state index contributed by atoms with van der Waals surface area (Å²) in [7, 11) is 0. The molecule has 0 saturated carbocycles. The molecule has 2 heteroatoms. The zero-order valence-corrected chi connectivity index (χ0v) is 12.7. The quantitative estimate of drug-likeness (QED) is 0.609. The van der Waals surface area contributed by atoms with Crippen molar-refractivity contribution in [1.29, 1.82) is 0 Å². The number of benzene rings is 2. The Labute approximate surface area is 132 Å². The minimum Gasteiger partial charge on any atom is -0.377 e. The normalized spacial score (nSPS) is 15.2. The Kier molecular flexibility index (Phi) is 4.69. The second kappa shape index (κ2) is 7.08. The first-order valence-electron chi connectivity index (χ1n) is 7.95. The number of ketones is 1. The Bertz CT molecular complexity index is 637. The van der Waals surface area contributed by atoms with Gasteiger partial charge in [-0.1, -0.05) is 54.6 Å². The summed E-state index contributed by atoms with van der Waals surface area (Å²) in [5, 5.41) is 0. The smallest absolute Gasteiger partial charge is 0.187 e. The van der Waals surface area contributed by atoms with Gasteiger partial charge in [-0.3, -0.25) is 4.79 Å². The Hall–Kier alpha value is -2.35. The lowest BCUT2D eigenvalue weighted by molar-refractivity contribution is 0.104. The van der Waals surface area contributed by atoms with Crippen LogP contribution >= 0.6 is 0 Å². The molecule has 0 atom stereocenters. The highest BCUT2D eigenvalue weighted by molar-refractivity contribution is 6.04. The molecule has 0 aliphatic carbocycles. The standard InChI is InChI=1S/C20H21NO/c22-20(13-16-21-14-5-2-6-15-21)19-11-9-18(10-12-19)17-7-3-1-4-8-17/h1,3-4,7-13,16H,2,5-6,14-15H2/b16-13-. The molecule has 1 aliphatic heterocycles. The van der Waals surface area contributed by atoms with Gasteiger partial charge < -0.3 is 4.90 Å². The molecule has 0 aromatic heterocycles. The summed E-state index contributed by atoms with van der Waals surface area (Å²) in [5.74, 6) is 0.0742. The van der Waals surface area contributed by atoms with Gasteiger partial charge >= 0.3 is 0 Å². The van der Waals surface area contributed by atoms with Gasteiger partial charge in [0.2, 0.25) is 0 Å². The summed E-state index contributed by atoms with van der Waals surface area (Å²) in [5.41, 5.74) is 3.05. The summed E-state index contributed by atoms with van der Waals surface area (Å²) in [6, 6.07) is 18.0. The summed E-state index contributed by atoms with van der Waals surface area (Å²) >= 11 is 0. The highest BCUT2D eigenvalue weighted by Crippen LogP contribution is 2.19. The van der Waals surface area contributed by atoms with E-state index in [1.807, 2.05) is 48.7 Å². The lowest BCUT2D eigenvalue weighted by Crippen LogP contribution is -2.24. The van der Waals surface area contributed by atoms with Crippen LogP contribution in [0.5, 0.6) is 0 Å². The summed E-state index contributed by atoms with van der Waals surface area (Å²) < 4.78 is 0. The number of likely N-dealkylation sites (tertiary alicyclic amines) is 1. The zero-order valence-electron chi connectivity index (χ0n) is 12.7. The van der Waals surface area contributed by atoms with Crippen LogP contribution in [0.3, 0.4) is 0 Å². The monoisotopic (exact) mass is 291 g/mol. The van der Waals surface area contributed by atoms with E-state index in [0.717, 1.165) is 24.2 Å². The molecular formula is C20H21NO. The van der Waals surface area contributed by atoms with Crippen LogP contribution in [-0.4, -0.2) is 23.8 Å². The number of hydrogen-bond acceptors (Lipinski definition) is 2. The predicted molar refractivity (Wildman–Crippen MR) is 90.8 cm³/mol. The van der Waals surface area contributed by atoms with E-state index >= 15 is 0 Å². The first-order chi connectivity index (χ1) is 10.8. The molecule has 112 valence electrons. The molecule has 2 aromatic carbocycles. The van der Waals surface area contributed by atoms with Crippen LogP contribution in [-0.2, 0) is 0 Å². The summed E-state index contributed by atoms with van der Waals surface area (Å²) in [4.78, 5) is 14.5. The second-order valence-corrected chi connectivity index (χ2v) is 5.72. The van der Waals surface area contributed by atoms with Crippen LogP contribution in [0, 0.1) is 0 Å². The average Bonchev–Trinajstić information content (AvgIpc) is 2.61. The molecule has 0 unspecified atom stereocenters. The Balaban J connectivity index is 1.67. The fourth-order valence-corrected chi connectivity index (χ4v) is 2.79. The van der Waals surface area contributed by atoms with Crippen molar-refractivity contribution in [3.8, 4) is 11.1 Å². The van der Waals surface area contributed by atoms with E-state index in [0.29, 0.717) is 0 Å². The number of carbonyl (C=O) groups is 1. The van der Waals surface area contributed by atoms with Crippen molar-refractivity contribution in [1.82, 2.24) is 4.90 Å². The second-order valence-electron chi connectivity index (χ2n) is 5.72. The molecule has 22 heavy (non-hydrogen) atoms. The molecule has 3 rings (SSSR count). The van der Waals surface area contributed by atoms with Crippen molar-refractivity contribution in [3.05, 3.63) is 72.4 Å². The maximum atomic E-state index is 12.2. The summed E-state index contributed by atoms with van der Waals surface area (Å²) in [6.45, 7) is 2.13. The number of piperidine rings is 1. The third kappa shape index (κ3) is 3.64. The molecule has 0 N–H and O–H groups in total. The SMILES string of the molecule is O=C(/C=C\N1CCCCC1)c1ccc(-c2ccccc2)cc1. The summed E-state index contributed by atoms with van der Waals surface area (Å²) in [6.07, 6.45) is 7.41. The minimum absolute atomic E-state index is 0.0742. The van der Waals surface area contributed by atoms with Crippen LogP contribution in [0.4, 0.5) is 0 Å². The van der Waals surface area contributed by atoms with E-state index in [-0.39, 0.29) is 5.78 Å². The zero-order chi connectivity index (χ0) is 15.2. The van der Waals surface area contributed by atoms with Crippen LogP contribution in [0.1, 0.15) is 29.6 Å². The van der Waals surface area contributed by atoms with Gasteiger partial charge in [0.1, 0.15) is 0 Å². The van der Waals surface area contributed by atoms with E-state index in [1.165, 1.54) is 24.8 Å². The van der Waals surface area contributed by atoms with Crippen molar-refractivity contribution in [2.45, 2.75) is 19.3 Å². The molecule has 0 spiro atoms. The van der Waals surface area contributed by atoms with Gasteiger partial charge in [0.25, 0.3) is 0 Å². The highest BCUT2D eigenvalue weighted by atomic mass is 16.1. The number of rotatable bonds is 4. The fourth-order valence-electron chi connectivity index (χ4n) is 2.79. The number of hydrogen-bond donors (Lipinski definition) is 0. The van der Waals surface area contributed by atoms with Crippen LogP contribution in [0.15, 0.2) is 66.9 Å². The third-order valence-electron chi connectivity index (χ3n) is 4.10. The van der Waals surface area contributed by atoms with Crippen LogP contribution < -0.4 is 0 Å². The Morgan fingerprint density at radius 2 is 1.45 bits per heavy atom. The largest absolute Gasteiger partial charge is 0.377 e. The molecule has 0 amide bonds. The maximum absolute atomic E-state index is 12.2. The number of allylic oxidation sites excluding steroid dienone is 1. The van der Waals surface area contributed by atoms with Crippen LogP contribution in [0.2, 0.25) is 0 Å². The van der Waals surface area contributed by atoms with Crippen molar-refractivity contribution < 1.29 is 4.79 Å². The van der Waals surface area contributed by atoms with Gasteiger partial charge in [0, 0.05) is 30.9 Å². The highest BCUT2D eigenvalue weighted by Gasteiger charge is 2.07. The van der Waals surface area contributed by atoms with Crippen molar-refractivity contribution in [2.75, 3.05) is 13.1 Å². The topological polar surface area (TPSA) is 20.3 Å². The first kappa shape index (κ1) is 14.6. The van der Waals surface area contributed by atoms with E-state index in [9.17, 15) is 4.79 Å². The lowest BCUT2D eigenvalue weighted by Gasteiger charge is -2.24. The molecule has 0 radical (unpaired) electrons. The third-order valence-corrected chi connectivity index (χ3v) is 4.10. The molecule has 0 bridgehead atoms. The number of carbonyl (C=O) groups excluding carboxylic acids is 1. The predicted octanol–water partition coefficient (Wildman–Crippen LogP) is 4.54. The van der Waals surface area contributed by atoms with Gasteiger partial charge in [-0.05, 0) is 30.4 Å². The molecule has 1 heterocycles. The molecule has 1 saturated heterocycles. The van der Waals surface area contributed by atoms with E-state index in [2.05, 4.69) is 17.0 Å².